The molecular weight excluding hydrogens is 266 g/mol. The van der Waals surface area contributed by atoms with Crippen LogP contribution >= 0.6 is 0 Å². The molecule has 0 amide bonds. The summed E-state index contributed by atoms with van der Waals surface area (Å²) < 4.78 is 10.6. The molecule has 21 heavy (non-hydrogen) atoms. The first-order valence-electron chi connectivity index (χ1n) is 7.69. The Morgan fingerprint density at radius 1 is 1.19 bits per heavy atom. The highest BCUT2D eigenvalue weighted by Crippen LogP contribution is 2.20. The lowest BCUT2D eigenvalue weighted by Gasteiger charge is -2.06. The number of unbranched alkanes of at least 4 members (excludes halogenated alkanes) is 1. The highest BCUT2D eigenvalue weighted by atomic mass is 16.5. The summed E-state index contributed by atoms with van der Waals surface area (Å²) in [6, 6.07) is 7.85. The van der Waals surface area contributed by atoms with Gasteiger partial charge in [0.1, 0.15) is 5.75 Å². The van der Waals surface area contributed by atoms with Crippen LogP contribution in [0.2, 0.25) is 0 Å². The first-order chi connectivity index (χ1) is 10.2. The number of aliphatic imine (C=N–C) groups is 1. The van der Waals surface area contributed by atoms with Crippen LogP contribution in [0, 0.1) is 0 Å². The van der Waals surface area contributed by atoms with Crippen LogP contribution in [0.25, 0.3) is 0 Å². The highest BCUT2D eigenvalue weighted by molar-refractivity contribution is 6.16. The third kappa shape index (κ3) is 4.88. The Morgan fingerprint density at radius 3 is 2.62 bits per heavy atom. The SMILES string of the molecule is CCCCOc1ccc(CCC2=NC2C(=O)OCC)cc1. The van der Waals surface area contributed by atoms with Gasteiger partial charge in [-0.2, -0.15) is 0 Å². The second kappa shape index (κ2) is 7.81. The van der Waals surface area contributed by atoms with Gasteiger partial charge in [0.2, 0.25) is 0 Å². The maximum Gasteiger partial charge on any atom is 0.336 e. The summed E-state index contributed by atoms with van der Waals surface area (Å²) in [7, 11) is 0. The van der Waals surface area contributed by atoms with E-state index < -0.39 is 0 Å². The Kier molecular flexibility index (Phi) is 5.78. The van der Waals surface area contributed by atoms with E-state index in [0.29, 0.717) is 6.61 Å². The number of carbonyl (C=O) groups excluding carboxylic acids is 1. The van der Waals surface area contributed by atoms with Crippen molar-refractivity contribution in [2.75, 3.05) is 13.2 Å². The van der Waals surface area contributed by atoms with Crippen LogP contribution in [-0.2, 0) is 16.0 Å². The van der Waals surface area contributed by atoms with Crippen molar-refractivity contribution in [3.63, 3.8) is 0 Å². The van der Waals surface area contributed by atoms with Crippen molar-refractivity contribution in [3.05, 3.63) is 29.8 Å². The van der Waals surface area contributed by atoms with Gasteiger partial charge in [-0.05, 0) is 43.9 Å². The molecule has 1 aliphatic heterocycles. The summed E-state index contributed by atoms with van der Waals surface area (Å²) in [5.74, 6) is 0.701. The normalized spacial score (nSPS) is 16.3. The molecule has 0 aromatic heterocycles. The minimum absolute atomic E-state index is 0.216. The molecule has 0 fully saturated rings. The largest absolute Gasteiger partial charge is 0.494 e. The summed E-state index contributed by atoms with van der Waals surface area (Å²) in [5, 5.41) is 0. The fourth-order valence-electron chi connectivity index (χ4n) is 2.10. The van der Waals surface area contributed by atoms with Gasteiger partial charge in [0.15, 0.2) is 6.04 Å². The van der Waals surface area contributed by atoms with E-state index in [2.05, 4.69) is 24.0 Å². The number of ether oxygens (including phenoxy) is 2. The van der Waals surface area contributed by atoms with Gasteiger partial charge in [0.05, 0.1) is 18.9 Å². The lowest BCUT2D eigenvalue weighted by atomic mass is 10.1. The van der Waals surface area contributed by atoms with E-state index in [9.17, 15) is 4.79 Å². The summed E-state index contributed by atoms with van der Waals surface area (Å²) in [5.41, 5.74) is 2.19. The molecule has 1 aromatic carbocycles. The average Bonchev–Trinajstić information content (AvgIpc) is 3.27. The lowest BCUT2D eigenvalue weighted by molar-refractivity contribution is -0.142. The molecule has 4 heteroatoms. The molecule has 1 aliphatic rings. The maximum atomic E-state index is 11.4. The molecule has 0 bridgehead atoms. The van der Waals surface area contributed by atoms with Crippen LogP contribution in [0.5, 0.6) is 5.75 Å². The molecule has 0 saturated carbocycles. The zero-order valence-electron chi connectivity index (χ0n) is 12.8. The smallest absolute Gasteiger partial charge is 0.336 e. The second-order valence-electron chi connectivity index (χ2n) is 5.12. The van der Waals surface area contributed by atoms with Crippen molar-refractivity contribution in [1.29, 1.82) is 0 Å². The highest BCUT2D eigenvalue weighted by Gasteiger charge is 2.35. The molecule has 2 rings (SSSR count). The zero-order valence-corrected chi connectivity index (χ0v) is 12.8. The second-order valence-corrected chi connectivity index (χ2v) is 5.12. The van der Waals surface area contributed by atoms with Gasteiger partial charge in [-0.3, -0.25) is 4.99 Å². The van der Waals surface area contributed by atoms with E-state index >= 15 is 0 Å². The number of hydrogen-bond donors (Lipinski definition) is 0. The minimum Gasteiger partial charge on any atom is -0.494 e. The standard InChI is InChI=1S/C17H23NO3/c1-3-5-12-21-14-9-6-13(7-10-14)8-11-15-16(18-15)17(19)20-4-2/h6-7,9-10,16H,3-5,8,11-12H2,1-2H3. The molecule has 1 aromatic rings. The topological polar surface area (TPSA) is 47.9 Å². The molecule has 114 valence electrons. The molecular formula is C17H23NO3. The molecule has 1 heterocycles. The van der Waals surface area contributed by atoms with Gasteiger partial charge >= 0.3 is 5.97 Å². The van der Waals surface area contributed by atoms with Crippen molar-refractivity contribution in [2.45, 2.75) is 45.6 Å². The van der Waals surface area contributed by atoms with Crippen molar-refractivity contribution >= 4 is 11.7 Å². The third-order valence-corrected chi connectivity index (χ3v) is 3.41. The van der Waals surface area contributed by atoms with Crippen LogP contribution in [0.3, 0.4) is 0 Å². The van der Waals surface area contributed by atoms with Crippen molar-refractivity contribution in [2.24, 2.45) is 4.99 Å². The number of esters is 1. The first-order valence-corrected chi connectivity index (χ1v) is 7.69. The zero-order chi connectivity index (χ0) is 15.1. The van der Waals surface area contributed by atoms with E-state index in [4.69, 9.17) is 9.47 Å². The summed E-state index contributed by atoms with van der Waals surface area (Å²) in [4.78, 5) is 15.6. The molecule has 1 atom stereocenters. The predicted molar refractivity (Wildman–Crippen MR) is 83.0 cm³/mol. The van der Waals surface area contributed by atoms with E-state index in [-0.39, 0.29) is 12.0 Å². The quantitative estimate of drug-likeness (QED) is 0.518. The fraction of sp³-hybridized carbons (Fsp3) is 0.529. The van der Waals surface area contributed by atoms with Crippen LogP contribution in [0.15, 0.2) is 29.3 Å². The molecule has 0 N–H and O–H groups in total. The fourth-order valence-corrected chi connectivity index (χ4v) is 2.10. The Hall–Kier alpha value is -1.84. The Bertz CT molecular complexity index is 493. The molecule has 0 radical (unpaired) electrons. The summed E-state index contributed by atoms with van der Waals surface area (Å²) >= 11 is 0. The number of rotatable bonds is 9. The number of nitrogens with zero attached hydrogens (tertiary/aromatic N) is 1. The molecule has 0 spiro atoms. The monoisotopic (exact) mass is 289 g/mol. The van der Waals surface area contributed by atoms with Gasteiger partial charge in [0, 0.05) is 0 Å². The number of benzene rings is 1. The Balaban J connectivity index is 1.70. The first kappa shape index (κ1) is 15.5. The average molecular weight is 289 g/mol. The van der Waals surface area contributed by atoms with Gasteiger partial charge < -0.3 is 9.47 Å². The Labute approximate surface area is 126 Å². The van der Waals surface area contributed by atoms with Crippen LogP contribution < -0.4 is 4.74 Å². The third-order valence-electron chi connectivity index (χ3n) is 3.41. The van der Waals surface area contributed by atoms with Gasteiger partial charge in [0.25, 0.3) is 0 Å². The van der Waals surface area contributed by atoms with Crippen LogP contribution in [0.1, 0.15) is 38.7 Å². The summed E-state index contributed by atoms with van der Waals surface area (Å²) in [6.07, 6.45) is 3.93. The van der Waals surface area contributed by atoms with Gasteiger partial charge in [-0.15, -0.1) is 0 Å². The Morgan fingerprint density at radius 2 is 1.95 bits per heavy atom. The number of aryl methyl sites for hydroxylation is 1. The van der Waals surface area contributed by atoms with Crippen molar-refractivity contribution in [1.82, 2.24) is 0 Å². The van der Waals surface area contributed by atoms with Gasteiger partial charge in [-0.25, -0.2) is 4.79 Å². The molecule has 0 aliphatic carbocycles. The van der Waals surface area contributed by atoms with E-state index in [0.717, 1.165) is 43.8 Å². The van der Waals surface area contributed by atoms with Gasteiger partial charge in [-0.1, -0.05) is 25.5 Å². The number of carbonyl (C=O) groups is 1. The van der Waals surface area contributed by atoms with Crippen LogP contribution in [0.4, 0.5) is 0 Å². The summed E-state index contributed by atoms with van der Waals surface area (Å²) in [6.45, 7) is 5.15. The molecule has 4 nitrogen and oxygen atoms in total. The number of hydrogen-bond acceptors (Lipinski definition) is 4. The maximum absolute atomic E-state index is 11.4. The molecule has 1 unspecified atom stereocenters. The van der Waals surface area contributed by atoms with E-state index in [1.54, 1.807) is 0 Å². The molecule has 0 saturated heterocycles. The van der Waals surface area contributed by atoms with Crippen molar-refractivity contribution < 1.29 is 14.3 Å². The minimum atomic E-state index is -0.304. The van der Waals surface area contributed by atoms with Crippen LogP contribution in [-0.4, -0.2) is 30.9 Å². The van der Waals surface area contributed by atoms with E-state index in [1.807, 2.05) is 19.1 Å². The lowest BCUT2D eigenvalue weighted by Crippen LogP contribution is -2.16. The predicted octanol–water partition coefficient (Wildman–Crippen LogP) is 3.18. The van der Waals surface area contributed by atoms with E-state index in [1.165, 1.54) is 5.56 Å². The van der Waals surface area contributed by atoms with Crippen molar-refractivity contribution in [3.8, 4) is 5.75 Å².